The number of H-pyrrole nitrogens is 1. The van der Waals surface area contributed by atoms with Gasteiger partial charge in [-0.05, 0) is 32.2 Å². The number of nitrogen functional groups attached to an aromatic ring is 1. The fourth-order valence-corrected chi connectivity index (χ4v) is 2.57. The minimum absolute atomic E-state index is 0.238. The number of nitrogens with zero attached hydrogens (tertiary/aromatic N) is 2. The van der Waals surface area contributed by atoms with Crippen LogP contribution in [0, 0.1) is 0 Å². The zero-order valence-corrected chi connectivity index (χ0v) is 10.4. The summed E-state index contributed by atoms with van der Waals surface area (Å²) in [5.74, 6) is 0.648. The minimum atomic E-state index is -0.245. The molecule has 0 amide bonds. The van der Waals surface area contributed by atoms with Crippen LogP contribution in [0.5, 0.6) is 0 Å². The molecule has 0 radical (unpaired) electrons. The molecule has 1 saturated carbocycles. The molecule has 98 valence electrons. The van der Waals surface area contributed by atoms with Crippen LogP contribution in [0.25, 0.3) is 0 Å². The molecule has 1 aromatic rings. The van der Waals surface area contributed by atoms with Crippen molar-refractivity contribution in [2.45, 2.75) is 37.8 Å². The van der Waals surface area contributed by atoms with E-state index < -0.39 is 0 Å². The standard InChI is InChI=1S/C12H19N5O/c13-10-11(15-7-16-12(10)18)17(9-3-4-9)6-8-2-1-5-14-8/h7-9,14H,1-6,13H2,(H,15,16,18). The third-order valence-corrected chi connectivity index (χ3v) is 3.71. The van der Waals surface area contributed by atoms with Crippen LogP contribution >= 0.6 is 0 Å². The van der Waals surface area contributed by atoms with Gasteiger partial charge in [0.05, 0.1) is 6.33 Å². The first-order valence-electron chi connectivity index (χ1n) is 6.59. The molecule has 0 spiro atoms. The normalized spacial score (nSPS) is 23.2. The van der Waals surface area contributed by atoms with Crippen LogP contribution in [0.15, 0.2) is 11.1 Å². The van der Waals surface area contributed by atoms with Crippen molar-refractivity contribution in [1.29, 1.82) is 0 Å². The van der Waals surface area contributed by atoms with Crippen LogP contribution in [0.3, 0.4) is 0 Å². The lowest BCUT2D eigenvalue weighted by Crippen LogP contribution is -2.40. The third-order valence-electron chi connectivity index (χ3n) is 3.71. The molecule has 1 aromatic heterocycles. The van der Waals surface area contributed by atoms with Crippen LogP contribution in [0.1, 0.15) is 25.7 Å². The van der Waals surface area contributed by atoms with Gasteiger partial charge in [-0.3, -0.25) is 4.79 Å². The van der Waals surface area contributed by atoms with Gasteiger partial charge in [0, 0.05) is 18.6 Å². The molecule has 3 rings (SSSR count). The maximum Gasteiger partial charge on any atom is 0.276 e. The lowest BCUT2D eigenvalue weighted by atomic mass is 10.2. The van der Waals surface area contributed by atoms with Crippen LogP contribution in [0.4, 0.5) is 11.5 Å². The van der Waals surface area contributed by atoms with Crippen LogP contribution in [-0.4, -0.2) is 35.1 Å². The van der Waals surface area contributed by atoms with Crippen molar-refractivity contribution in [2.75, 3.05) is 23.7 Å². The van der Waals surface area contributed by atoms with Crippen molar-refractivity contribution in [3.63, 3.8) is 0 Å². The number of nitrogens with two attached hydrogens (primary N) is 1. The van der Waals surface area contributed by atoms with Gasteiger partial charge >= 0.3 is 0 Å². The SMILES string of the molecule is Nc1c(N(CC2CCCN2)C2CC2)nc[nH]c1=O. The monoisotopic (exact) mass is 249 g/mol. The molecule has 4 N–H and O–H groups in total. The summed E-state index contributed by atoms with van der Waals surface area (Å²) in [6.07, 6.45) is 6.18. The van der Waals surface area contributed by atoms with Gasteiger partial charge in [0.25, 0.3) is 5.56 Å². The quantitative estimate of drug-likeness (QED) is 0.703. The topological polar surface area (TPSA) is 87.0 Å². The summed E-state index contributed by atoms with van der Waals surface area (Å²) in [5, 5.41) is 3.48. The molecular weight excluding hydrogens is 230 g/mol. The molecule has 2 fully saturated rings. The van der Waals surface area contributed by atoms with Crippen LogP contribution < -0.4 is 21.5 Å². The summed E-state index contributed by atoms with van der Waals surface area (Å²) in [4.78, 5) is 20.5. The predicted molar refractivity (Wildman–Crippen MR) is 70.7 cm³/mol. The Morgan fingerprint density at radius 3 is 2.94 bits per heavy atom. The lowest BCUT2D eigenvalue weighted by molar-refractivity contribution is 0.575. The molecule has 2 heterocycles. The van der Waals surface area contributed by atoms with Gasteiger partial charge in [-0.25, -0.2) is 4.98 Å². The van der Waals surface area contributed by atoms with Crippen LogP contribution in [0.2, 0.25) is 0 Å². The van der Waals surface area contributed by atoms with Gasteiger partial charge in [-0.1, -0.05) is 0 Å². The summed E-state index contributed by atoms with van der Waals surface area (Å²) in [6, 6.07) is 0.995. The molecule has 1 saturated heterocycles. The highest BCUT2D eigenvalue weighted by Gasteiger charge is 2.33. The highest BCUT2D eigenvalue weighted by atomic mass is 16.1. The van der Waals surface area contributed by atoms with E-state index in [1.165, 1.54) is 32.0 Å². The number of nitrogens with one attached hydrogen (secondary N) is 2. The fourth-order valence-electron chi connectivity index (χ4n) is 2.57. The van der Waals surface area contributed by atoms with E-state index in [1.807, 2.05) is 0 Å². The second-order valence-electron chi connectivity index (χ2n) is 5.15. The molecule has 1 aliphatic heterocycles. The molecule has 0 aromatic carbocycles. The summed E-state index contributed by atoms with van der Waals surface area (Å²) in [5.41, 5.74) is 5.85. The Morgan fingerprint density at radius 1 is 1.44 bits per heavy atom. The maximum atomic E-state index is 11.6. The summed E-state index contributed by atoms with van der Waals surface area (Å²) >= 11 is 0. The molecule has 0 bridgehead atoms. The Balaban J connectivity index is 1.84. The van der Waals surface area contributed by atoms with Crippen molar-refractivity contribution in [2.24, 2.45) is 0 Å². The first kappa shape index (κ1) is 11.5. The summed E-state index contributed by atoms with van der Waals surface area (Å²) < 4.78 is 0. The van der Waals surface area contributed by atoms with Crippen molar-refractivity contribution < 1.29 is 0 Å². The first-order valence-corrected chi connectivity index (χ1v) is 6.59. The zero-order chi connectivity index (χ0) is 12.5. The van der Waals surface area contributed by atoms with E-state index in [0.29, 0.717) is 17.9 Å². The Kier molecular flexibility index (Phi) is 2.95. The Hall–Kier alpha value is -1.56. The van der Waals surface area contributed by atoms with Gasteiger partial charge in [0.2, 0.25) is 0 Å². The van der Waals surface area contributed by atoms with E-state index >= 15 is 0 Å². The van der Waals surface area contributed by atoms with Gasteiger partial charge in [0.1, 0.15) is 5.69 Å². The number of aromatic amines is 1. The maximum absolute atomic E-state index is 11.6. The van der Waals surface area contributed by atoms with E-state index in [-0.39, 0.29) is 11.2 Å². The van der Waals surface area contributed by atoms with E-state index in [9.17, 15) is 4.79 Å². The second-order valence-corrected chi connectivity index (χ2v) is 5.15. The Morgan fingerprint density at radius 2 is 2.28 bits per heavy atom. The predicted octanol–water partition coefficient (Wildman–Crippen LogP) is 0.0729. The van der Waals surface area contributed by atoms with Crippen molar-refractivity contribution >= 4 is 11.5 Å². The van der Waals surface area contributed by atoms with Gasteiger partial charge in [-0.15, -0.1) is 0 Å². The molecule has 1 aliphatic carbocycles. The lowest BCUT2D eigenvalue weighted by Gasteiger charge is -2.27. The number of rotatable bonds is 4. The highest BCUT2D eigenvalue weighted by molar-refractivity contribution is 5.62. The molecular formula is C12H19N5O. The highest BCUT2D eigenvalue weighted by Crippen LogP contribution is 2.32. The van der Waals surface area contributed by atoms with Gasteiger partial charge in [0.15, 0.2) is 5.82 Å². The largest absolute Gasteiger partial charge is 0.391 e. The van der Waals surface area contributed by atoms with Crippen LogP contribution in [-0.2, 0) is 0 Å². The Bertz CT molecular complexity index is 476. The van der Waals surface area contributed by atoms with Gasteiger partial charge in [-0.2, -0.15) is 0 Å². The second kappa shape index (κ2) is 4.61. The van der Waals surface area contributed by atoms with E-state index in [4.69, 9.17) is 5.73 Å². The number of hydrogen-bond acceptors (Lipinski definition) is 5. The Labute approximate surface area is 106 Å². The van der Waals surface area contributed by atoms with E-state index in [0.717, 1.165) is 13.1 Å². The molecule has 1 unspecified atom stereocenters. The smallest absolute Gasteiger partial charge is 0.276 e. The number of anilines is 2. The van der Waals surface area contributed by atoms with Crippen molar-refractivity contribution in [1.82, 2.24) is 15.3 Å². The molecule has 6 heteroatoms. The minimum Gasteiger partial charge on any atom is -0.391 e. The average molecular weight is 249 g/mol. The number of aromatic nitrogens is 2. The van der Waals surface area contributed by atoms with Crippen molar-refractivity contribution in [3.05, 3.63) is 16.7 Å². The molecule has 6 nitrogen and oxygen atoms in total. The summed E-state index contributed by atoms with van der Waals surface area (Å²) in [6.45, 7) is 1.98. The van der Waals surface area contributed by atoms with E-state index in [1.54, 1.807) is 0 Å². The average Bonchev–Trinajstić information content (AvgIpc) is 3.08. The molecule has 18 heavy (non-hydrogen) atoms. The van der Waals surface area contributed by atoms with Crippen molar-refractivity contribution in [3.8, 4) is 0 Å². The van der Waals surface area contributed by atoms with E-state index in [2.05, 4.69) is 20.2 Å². The summed E-state index contributed by atoms with van der Waals surface area (Å²) in [7, 11) is 0. The number of hydrogen-bond donors (Lipinski definition) is 3. The third kappa shape index (κ3) is 2.20. The first-order chi connectivity index (χ1) is 8.75. The molecule has 2 aliphatic rings. The molecule has 1 atom stereocenters. The zero-order valence-electron chi connectivity index (χ0n) is 10.4. The fraction of sp³-hybridized carbons (Fsp3) is 0.667. The van der Waals surface area contributed by atoms with Gasteiger partial charge < -0.3 is 20.9 Å².